The first-order chi connectivity index (χ1) is 15.1. The first kappa shape index (κ1) is 22.6. The molecule has 2 heterocycles. The lowest BCUT2D eigenvalue weighted by molar-refractivity contribution is 0.267. The summed E-state index contributed by atoms with van der Waals surface area (Å²) in [4.78, 5) is 13.9. The molecule has 3 rings (SSSR count). The zero-order chi connectivity index (χ0) is 22.2. The number of nitrogens with zero attached hydrogens (tertiary/aromatic N) is 3. The van der Waals surface area contributed by atoms with E-state index in [1.807, 2.05) is 37.3 Å². The molecule has 0 aliphatic rings. The number of rotatable bonds is 11. The third-order valence-corrected chi connectivity index (χ3v) is 5.08. The number of hydrogen-bond donors (Lipinski definition) is 3. The largest absolute Gasteiger partial charge is 0.497 e. The first-order valence-electron chi connectivity index (χ1n) is 10.6. The third kappa shape index (κ3) is 5.73. The van der Waals surface area contributed by atoms with Gasteiger partial charge in [-0.3, -0.25) is 0 Å². The number of aliphatic hydroxyl groups excluding tert-OH is 1. The van der Waals surface area contributed by atoms with Crippen molar-refractivity contribution in [3.63, 3.8) is 0 Å². The van der Waals surface area contributed by atoms with Crippen molar-refractivity contribution in [3.05, 3.63) is 41.6 Å². The molecule has 0 aliphatic heterocycles. The van der Waals surface area contributed by atoms with Gasteiger partial charge in [-0.2, -0.15) is 4.98 Å². The number of aromatic nitrogens is 3. The van der Waals surface area contributed by atoms with Crippen molar-refractivity contribution in [2.75, 3.05) is 31.5 Å². The van der Waals surface area contributed by atoms with E-state index >= 15 is 0 Å². The second-order valence-electron chi connectivity index (χ2n) is 7.41. The van der Waals surface area contributed by atoms with E-state index in [1.54, 1.807) is 14.2 Å². The van der Waals surface area contributed by atoms with Crippen molar-refractivity contribution in [3.8, 4) is 11.5 Å². The number of pyridine rings is 1. The van der Waals surface area contributed by atoms with E-state index in [0.717, 1.165) is 47.5 Å². The fraction of sp³-hybridized carbons (Fsp3) is 0.435. The molecule has 0 saturated carbocycles. The van der Waals surface area contributed by atoms with E-state index in [4.69, 9.17) is 9.47 Å². The fourth-order valence-corrected chi connectivity index (χ4v) is 3.32. The molecule has 0 spiro atoms. The van der Waals surface area contributed by atoms with Gasteiger partial charge in [0.15, 0.2) is 5.82 Å². The van der Waals surface area contributed by atoms with Crippen LogP contribution in [0.3, 0.4) is 0 Å². The fourth-order valence-electron chi connectivity index (χ4n) is 3.32. The Bertz CT molecular complexity index is 1010. The maximum Gasteiger partial charge on any atom is 0.225 e. The van der Waals surface area contributed by atoms with Crippen molar-refractivity contribution in [2.24, 2.45) is 0 Å². The van der Waals surface area contributed by atoms with E-state index in [-0.39, 0.29) is 12.6 Å². The molecule has 1 aromatic carbocycles. The number of benzene rings is 1. The summed E-state index contributed by atoms with van der Waals surface area (Å²) in [5.41, 5.74) is 3.28. The summed E-state index contributed by atoms with van der Waals surface area (Å²) < 4.78 is 10.7. The molecular weight excluding hydrogens is 394 g/mol. The molecule has 0 saturated heterocycles. The normalized spacial score (nSPS) is 11.9. The van der Waals surface area contributed by atoms with E-state index in [9.17, 15) is 5.11 Å². The summed E-state index contributed by atoms with van der Waals surface area (Å²) in [6, 6.07) is 9.45. The number of methoxy groups -OCH3 is 2. The molecule has 3 aromatic rings. The molecule has 0 aliphatic carbocycles. The highest BCUT2D eigenvalue weighted by molar-refractivity contribution is 5.86. The molecule has 0 bridgehead atoms. The van der Waals surface area contributed by atoms with Gasteiger partial charge < -0.3 is 25.2 Å². The van der Waals surface area contributed by atoms with Crippen LogP contribution < -0.4 is 20.1 Å². The molecule has 31 heavy (non-hydrogen) atoms. The standard InChI is InChI=1S/C23H31N5O3/c1-5-6-7-17(14-29)26-22-21-19(11-8-15(2)25-21)27-23(28-22)24-13-16-9-10-18(30-3)12-20(16)31-4/h8-12,17,29H,5-7,13-14H2,1-4H3,(H2,24,26,27,28). The number of unbranched alkanes of at least 4 members (excludes halogenated alkanes) is 1. The Hall–Kier alpha value is -3.13. The van der Waals surface area contributed by atoms with E-state index in [0.29, 0.717) is 23.8 Å². The van der Waals surface area contributed by atoms with E-state index in [1.165, 1.54) is 0 Å². The Morgan fingerprint density at radius 3 is 2.61 bits per heavy atom. The summed E-state index contributed by atoms with van der Waals surface area (Å²) in [7, 11) is 3.26. The number of aryl methyl sites for hydroxylation is 1. The van der Waals surface area contributed by atoms with E-state index in [2.05, 4.69) is 32.5 Å². The van der Waals surface area contributed by atoms with Crippen LogP contribution in [-0.2, 0) is 6.54 Å². The minimum atomic E-state index is -0.0881. The van der Waals surface area contributed by atoms with Gasteiger partial charge in [-0.1, -0.05) is 19.8 Å². The topological polar surface area (TPSA) is 101 Å². The molecular formula is C23H31N5O3. The third-order valence-electron chi connectivity index (χ3n) is 5.08. The van der Waals surface area contributed by atoms with Crippen LogP contribution in [0.1, 0.15) is 37.4 Å². The highest BCUT2D eigenvalue weighted by Crippen LogP contribution is 2.26. The van der Waals surface area contributed by atoms with Crippen LogP contribution in [0.5, 0.6) is 11.5 Å². The number of hydrogen-bond acceptors (Lipinski definition) is 8. The number of fused-ring (bicyclic) bond motifs is 1. The summed E-state index contributed by atoms with van der Waals surface area (Å²) in [6.07, 6.45) is 2.95. The molecule has 0 radical (unpaired) electrons. The highest BCUT2D eigenvalue weighted by Gasteiger charge is 2.15. The van der Waals surface area contributed by atoms with Crippen LogP contribution in [-0.4, -0.2) is 46.9 Å². The maximum absolute atomic E-state index is 9.80. The average Bonchev–Trinajstić information content (AvgIpc) is 2.80. The van der Waals surface area contributed by atoms with Crippen molar-refractivity contribution < 1.29 is 14.6 Å². The Balaban J connectivity index is 1.88. The van der Waals surface area contributed by atoms with Gasteiger partial charge >= 0.3 is 0 Å². The number of nitrogens with one attached hydrogen (secondary N) is 2. The van der Waals surface area contributed by atoms with Crippen LogP contribution >= 0.6 is 0 Å². The van der Waals surface area contributed by atoms with E-state index < -0.39 is 0 Å². The monoisotopic (exact) mass is 425 g/mol. The van der Waals surface area contributed by atoms with Gasteiger partial charge in [-0.05, 0) is 37.6 Å². The highest BCUT2D eigenvalue weighted by atomic mass is 16.5. The lowest BCUT2D eigenvalue weighted by Gasteiger charge is -2.18. The molecule has 3 N–H and O–H groups in total. The van der Waals surface area contributed by atoms with Gasteiger partial charge in [0.05, 0.1) is 32.4 Å². The lowest BCUT2D eigenvalue weighted by atomic mass is 10.1. The Labute approximate surface area is 183 Å². The molecule has 8 nitrogen and oxygen atoms in total. The molecule has 166 valence electrons. The first-order valence-corrected chi connectivity index (χ1v) is 10.6. The SMILES string of the molecule is CCCCC(CO)Nc1nc(NCc2ccc(OC)cc2OC)nc2ccc(C)nc12. The minimum Gasteiger partial charge on any atom is -0.497 e. The summed E-state index contributed by atoms with van der Waals surface area (Å²) in [5.74, 6) is 2.56. The Kier molecular flexibility index (Phi) is 7.83. The van der Waals surface area contributed by atoms with Gasteiger partial charge in [-0.25, -0.2) is 9.97 Å². The second-order valence-corrected chi connectivity index (χ2v) is 7.41. The van der Waals surface area contributed by atoms with Gasteiger partial charge in [0, 0.05) is 23.9 Å². The summed E-state index contributed by atoms with van der Waals surface area (Å²) in [6.45, 7) is 4.58. The molecule has 1 atom stereocenters. The zero-order valence-corrected chi connectivity index (χ0v) is 18.6. The molecule has 2 aromatic heterocycles. The number of anilines is 2. The van der Waals surface area contributed by atoms with Crippen LogP contribution in [0.2, 0.25) is 0 Å². The second kappa shape index (κ2) is 10.8. The van der Waals surface area contributed by atoms with Crippen molar-refractivity contribution in [1.82, 2.24) is 15.0 Å². The summed E-state index contributed by atoms with van der Waals surface area (Å²) in [5, 5.41) is 16.4. The van der Waals surface area contributed by atoms with Gasteiger partial charge in [0.25, 0.3) is 0 Å². The van der Waals surface area contributed by atoms with Crippen molar-refractivity contribution in [2.45, 2.75) is 45.7 Å². The van der Waals surface area contributed by atoms with Gasteiger partial charge in [-0.15, -0.1) is 0 Å². The molecule has 1 unspecified atom stereocenters. The van der Waals surface area contributed by atoms with Crippen LogP contribution in [0.15, 0.2) is 30.3 Å². The Morgan fingerprint density at radius 2 is 1.90 bits per heavy atom. The maximum atomic E-state index is 9.80. The molecule has 0 fully saturated rings. The zero-order valence-electron chi connectivity index (χ0n) is 18.6. The quantitative estimate of drug-likeness (QED) is 0.425. The minimum absolute atomic E-state index is 0.0309. The predicted molar refractivity (Wildman–Crippen MR) is 123 cm³/mol. The predicted octanol–water partition coefficient (Wildman–Crippen LogP) is 3.93. The lowest BCUT2D eigenvalue weighted by Crippen LogP contribution is -2.25. The van der Waals surface area contributed by atoms with Crippen LogP contribution in [0, 0.1) is 6.92 Å². The molecule has 8 heteroatoms. The number of aliphatic hydroxyl groups is 1. The molecule has 0 amide bonds. The van der Waals surface area contributed by atoms with Crippen LogP contribution in [0.4, 0.5) is 11.8 Å². The van der Waals surface area contributed by atoms with Gasteiger partial charge in [0.2, 0.25) is 5.95 Å². The van der Waals surface area contributed by atoms with Crippen LogP contribution in [0.25, 0.3) is 11.0 Å². The average molecular weight is 426 g/mol. The summed E-state index contributed by atoms with van der Waals surface area (Å²) >= 11 is 0. The Morgan fingerprint density at radius 1 is 1.06 bits per heavy atom. The smallest absolute Gasteiger partial charge is 0.225 e. The number of ether oxygens (including phenoxy) is 2. The van der Waals surface area contributed by atoms with Crippen molar-refractivity contribution in [1.29, 1.82) is 0 Å². The van der Waals surface area contributed by atoms with Crippen molar-refractivity contribution >= 4 is 22.8 Å². The van der Waals surface area contributed by atoms with Gasteiger partial charge in [0.1, 0.15) is 17.0 Å².